The van der Waals surface area contributed by atoms with Gasteiger partial charge in [-0.05, 0) is 85.4 Å². The molecule has 3 N–H and O–H groups in total. The number of pyridine rings is 1. The van der Waals surface area contributed by atoms with Crippen molar-refractivity contribution in [3.8, 4) is 0 Å². The van der Waals surface area contributed by atoms with Gasteiger partial charge in [-0.1, -0.05) is 30.9 Å². The first-order valence-corrected chi connectivity index (χ1v) is 13.2. The summed E-state index contributed by atoms with van der Waals surface area (Å²) < 4.78 is 6.07. The van der Waals surface area contributed by atoms with E-state index in [-0.39, 0.29) is 0 Å². The van der Waals surface area contributed by atoms with E-state index in [1.807, 2.05) is 18.2 Å². The Labute approximate surface area is 214 Å². The Kier molecular flexibility index (Phi) is 7.57. The third-order valence-electron chi connectivity index (χ3n) is 7.69. The minimum Gasteiger partial charge on any atom is -0.492 e. The van der Waals surface area contributed by atoms with Gasteiger partial charge in [-0.2, -0.15) is 0 Å². The molecule has 2 heterocycles. The van der Waals surface area contributed by atoms with Crippen molar-refractivity contribution in [1.82, 2.24) is 15.6 Å². The average Bonchev–Trinajstić information content (AvgIpc) is 3.33. The molecule has 36 heavy (non-hydrogen) atoms. The number of nitrogens with zero attached hydrogens (tertiary/aromatic N) is 1. The summed E-state index contributed by atoms with van der Waals surface area (Å²) in [5.41, 5.74) is 9.82. The monoisotopic (exact) mass is 483 g/mol. The highest BCUT2D eigenvalue weighted by Gasteiger charge is 2.30. The Morgan fingerprint density at radius 3 is 2.64 bits per heavy atom. The first-order valence-electron chi connectivity index (χ1n) is 13.2. The van der Waals surface area contributed by atoms with Gasteiger partial charge in [0.25, 0.3) is 0 Å². The molecule has 1 aliphatic heterocycles. The van der Waals surface area contributed by atoms with Crippen molar-refractivity contribution in [3.63, 3.8) is 0 Å². The number of aromatic nitrogens is 1. The van der Waals surface area contributed by atoms with Gasteiger partial charge in [0.2, 0.25) is 0 Å². The molecule has 2 aromatic rings. The molecule has 1 saturated heterocycles. The zero-order valence-electron chi connectivity index (χ0n) is 21.2. The number of benzene rings is 1. The fraction of sp³-hybridized carbons (Fsp3) is 0.387. The van der Waals surface area contributed by atoms with Gasteiger partial charge in [-0.3, -0.25) is 4.98 Å². The molecule has 0 bridgehead atoms. The van der Waals surface area contributed by atoms with Gasteiger partial charge < -0.3 is 20.5 Å². The quantitative estimate of drug-likeness (QED) is 0.426. The Morgan fingerprint density at radius 1 is 1.14 bits per heavy atom. The van der Waals surface area contributed by atoms with Crippen LogP contribution < -0.4 is 10.6 Å². The van der Waals surface area contributed by atoms with Crippen LogP contribution in [0.25, 0.3) is 11.3 Å². The number of rotatable bonds is 9. The minimum atomic E-state index is 0.304. The van der Waals surface area contributed by atoms with Crippen LogP contribution in [0, 0.1) is 5.92 Å². The summed E-state index contributed by atoms with van der Waals surface area (Å²) in [6.07, 6.45) is 12.1. The van der Waals surface area contributed by atoms with E-state index in [1.54, 1.807) is 12.4 Å². The van der Waals surface area contributed by atoms with E-state index >= 15 is 0 Å². The van der Waals surface area contributed by atoms with Crippen LogP contribution in [0.5, 0.6) is 0 Å². The van der Waals surface area contributed by atoms with Crippen LogP contribution >= 0.6 is 0 Å². The van der Waals surface area contributed by atoms with E-state index in [9.17, 15) is 5.11 Å². The highest BCUT2D eigenvalue weighted by Crippen LogP contribution is 2.36. The molecular formula is C31H37N3O2. The third-order valence-corrected chi connectivity index (χ3v) is 7.69. The highest BCUT2D eigenvalue weighted by molar-refractivity contribution is 5.78. The first kappa shape index (κ1) is 24.4. The summed E-state index contributed by atoms with van der Waals surface area (Å²) >= 11 is 0. The van der Waals surface area contributed by atoms with Crippen LogP contribution in [0.2, 0.25) is 0 Å². The summed E-state index contributed by atoms with van der Waals surface area (Å²) in [5, 5.41) is 16.9. The zero-order valence-corrected chi connectivity index (χ0v) is 21.2. The van der Waals surface area contributed by atoms with Gasteiger partial charge in [-0.25, -0.2) is 0 Å². The zero-order chi connectivity index (χ0) is 24.9. The molecule has 0 spiro atoms. The fourth-order valence-corrected chi connectivity index (χ4v) is 5.30. The van der Waals surface area contributed by atoms with Crippen molar-refractivity contribution in [2.24, 2.45) is 5.92 Å². The smallest absolute Gasteiger partial charge is 0.132 e. The number of nitrogens with one attached hydrogen (secondary N) is 2. The lowest BCUT2D eigenvalue weighted by Crippen LogP contribution is -2.42. The second-order valence-corrected chi connectivity index (χ2v) is 10.1. The molecule has 0 unspecified atom stereocenters. The topological polar surface area (TPSA) is 66.4 Å². The van der Waals surface area contributed by atoms with Crippen LogP contribution in [-0.4, -0.2) is 29.3 Å². The van der Waals surface area contributed by atoms with Gasteiger partial charge in [0, 0.05) is 60.5 Å². The number of aliphatic hydroxyl groups is 1. The molecule has 3 aliphatic rings. The summed E-state index contributed by atoms with van der Waals surface area (Å²) in [6.45, 7) is 7.92. The molecule has 0 atom stereocenters. The minimum absolute atomic E-state index is 0.304. The number of hydrogen-bond donors (Lipinski definition) is 3. The van der Waals surface area contributed by atoms with E-state index in [4.69, 9.17) is 4.74 Å². The highest BCUT2D eigenvalue weighted by atomic mass is 16.5. The second kappa shape index (κ2) is 11.2. The fourth-order valence-electron chi connectivity index (χ4n) is 5.30. The van der Waals surface area contributed by atoms with Crippen LogP contribution in [0.15, 0.2) is 84.0 Å². The predicted octanol–water partition coefficient (Wildman–Crippen LogP) is 5.72. The van der Waals surface area contributed by atoms with Crippen molar-refractivity contribution in [3.05, 3.63) is 101 Å². The first-order chi connectivity index (χ1) is 17.7. The summed E-state index contributed by atoms with van der Waals surface area (Å²) in [7, 11) is 0. The molecule has 1 aromatic heterocycles. The summed E-state index contributed by atoms with van der Waals surface area (Å²) in [6, 6.07) is 13.4. The van der Waals surface area contributed by atoms with Gasteiger partial charge >= 0.3 is 0 Å². The Hall–Kier alpha value is -3.31. The van der Waals surface area contributed by atoms with Crippen LogP contribution in [0.1, 0.15) is 62.1 Å². The molecule has 5 rings (SSSR count). The van der Waals surface area contributed by atoms with Crippen molar-refractivity contribution < 1.29 is 9.84 Å². The lowest BCUT2D eigenvalue weighted by molar-refractivity contribution is 0.134. The van der Waals surface area contributed by atoms with E-state index < -0.39 is 0 Å². The third kappa shape index (κ3) is 5.26. The number of hydrogen-bond acceptors (Lipinski definition) is 5. The molecule has 2 saturated carbocycles. The molecule has 3 fully saturated rings. The molecule has 5 heteroatoms. The molecule has 0 amide bonds. The maximum atomic E-state index is 9.39. The summed E-state index contributed by atoms with van der Waals surface area (Å²) in [5.74, 6) is 1.37. The van der Waals surface area contributed by atoms with E-state index in [0.717, 1.165) is 48.4 Å². The standard InChI is InChI=1S/C31H37N3O2/c1-3-28(24-10-13-32-14-11-24)31-29(12-15-36-31)21(2)33-19-22-6-4-9-26(16-22)30(25-7-5-8-25)34-27-17-23(18-27)20-35/h3-4,6,9-11,13-14,16,23,27,33-35H,1,5,7-8,12,15,17-20H2,2H3/b29-21+,31-28-. The van der Waals surface area contributed by atoms with E-state index in [2.05, 4.69) is 53.4 Å². The van der Waals surface area contributed by atoms with Crippen molar-refractivity contribution in [2.75, 3.05) is 13.2 Å². The Bertz CT molecular complexity index is 1180. The van der Waals surface area contributed by atoms with Crippen molar-refractivity contribution >= 4 is 11.3 Å². The number of allylic oxidation sites excluding steroid dienone is 5. The Balaban J connectivity index is 1.32. The predicted molar refractivity (Wildman–Crippen MR) is 145 cm³/mol. The van der Waals surface area contributed by atoms with Gasteiger partial charge in [-0.15, -0.1) is 0 Å². The lowest BCUT2D eigenvalue weighted by Gasteiger charge is -2.37. The molecule has 5 nitrogen and oxygen atoms in total. The second-order valence-electron chi connectivity index (χ2n) is 10.1. The largest absolute Gasteiger partial charge is 0.492 e. The Morgan fingerprint density at radius 2 is 1.94 bits per heavy atom. The van der Waals surface area contributed by atoms with Crippen LogP contribution in [-0.2, 0) is 11.3 Å². The molecule has 1 aromatic carbocycles. The molecule has 2 aliphatic carbocycles. The van der Waals surface area contributed by atoms with Crippen LogP contribution in [0.3, 0.4) is 0 Å². The maximum absolute atomic E-state index is 9.39. The maximum Gasteiger partial charge on any atom is 0.132 e. The number of ether oxygens (including phenoxy) is 1. The SMILES string of the molecule is C=C/C(=C1/OCC/C1=C(/C)NCc1cccc(C(NC2CC(CO)C2)=C2CCC2)c1)c1ccncc1. The van der Waals surface area contributed by atoms with Crippen LogP contribution in [0.4, 0.5) is 0 Å². The molecule has 0 radical (unpaired) electrons. The summed E-state index contributed by atoms with van der Waals surface area (Å²) in [4.78, 5) is 4.14. The van der Waals surface area contributed by atoms with Gasteiger partial charge in [0.05, 0.1) is 6.61 Å². The van der Waals surface area contributed by atoms with Crippen molar-refractivity contribution in [2.45, 2.75) is 58.0 Å². The van der Waals surface area contributed by atoms with Gasteiger partial charge in [0.1, 0.15) is 5.76 Å². The lowest BCUT2D eigenvalue weighted by atomic mass is 9.79. The van der Waals surface area contributed by atoms with Gasteiger partial charge in [0.15, 0.2) is 0 Å². The normalized spacial score (nSPS) is 23.7. The average molecular weight is 484 g/mol. The van der Waals surface area contributed by atoms with Crippen molar-refractivity contribution in [1.29, 1.82) is 0 Å². The molecule has 188 valence electrons. The molecular weight excluding hydrogens is 446 g/mol. The van der Waals surface area contributed by atoms with E-state index in [1.165, 1.54) is 47.2 Å². The van der Waals surface area contributed by atoms with E-state index in [0.29, 0.717) is 25.2 Å². The number of aliphatic hydroxyl groups excluding tert-OH is 1.